The first-order chi connectivity index (χ1) is 28.2. The maximum absolute atomic E-state index is 6.45. The Balaban J connectivity index is 1.07. The van der Waals surface area contributed by atoms with Gasteiger partial charge in [-0.3, -0.25) is 0 Å². The van der Waals surface area contributed by atoms with Crippen LogP contribution in [0.25, 0.3) is 117 Å². The molecule has 4 heterocycles. The zero-order chi connectivity index (χ0) is 37.5. The summed E-state index contributed by atoms with van der Waals surface area (Å²) < 4.78 is 15.1. The molecule has 0 aliphatic heterocycles. The largest absolute Gasteiger partial charge is 0.456 e. The fraction of sp³-hybridized carbons (Fsp3) is 0. The van der Waals surface area contributed by atoms with E-state index in [1.54, 1.807) is 0 Å². The lowest BCUT2D eigenvalue weighted by Gasteiger charge is -2.10. The molecule has 57 heavy (non-hydrogen) atoms. The molecule has 7 heteroatoms. The molecule has 0 unspecified atom stereocenters. The summed E-state index contributed by atoms with van der Waals surface area (Å²) >= 11 is 0. The number of para-hydroxylation sites is 2. The van der Waals surface area contributed by atoms with Crippen LogP contribution in [-0.4, -0.2) is 24.5 Å². The number of oxazole rings is 1. The minimum atomic E-state index is 0.572. The van der Waals surface area contributed by atoms with Gasteiger partial charge in [-0.15, -0.1) is 0 Å². The van der Waals surface area contributed by atoms with Gasteiger partial charge in [0.1, 0.15) is 16.7 Å². The number of nitrogens with zero attached hydrogens (tertiary/aromatic N) is 5. The van der Waals surface area contributed by atoms with Crippen LogP contribution in [0.4, 0.5) is 0 Å². The first-order valence-electron chi connectivity index (χ1n) is 18.9. The second kappa shape index (κ2) is 12.3. The molecule has 0 bridgehead atoms. The van der Waals surface area contributed by atoms with Crippen molar-refractivity contribution in [2.24, 2.45) is 0 Å². The Morgan fingerprint density at radius 2 is 0.930 bits per heavy atom. The van der Waals surface area contributed by atoms with Gasteiger partial charge >= 0.3 is 0 Å². The number of hydrogen-bond acceptors (Lipinski definition) is 6. The summed E-state index contributed by atoms with van der Waals surface area (Å²) in [4.78, 5) is 20.4. The molecular weight excluding hydrogens is 703 g/mol. The lowest BCUT2D eigenvalue weighted by atomic mass is 10.0. The molecule has 12 aromatic rings. The highest BCUT2D eigenvalue weighted by Gasteiger charge is 2.20. The Hall–Kier alpha value is -7.90. The molecule has 7 nitrogen and oxygen atoms in total. The average Bonchev–Trinajstić information content (AvgIpc) is 3.99. The van der Waals surface area contributed by atoms with Crippen molar-refractivity contribution >= 4 is 65.6 Å². The third-order valence-electron chi connectivity index (χ3n) is 10.9. The minimum absolute atomic E-state index is 0.572. The third kappa shape index (κ3) is 4.99. The molecule has 0 atom stereocenters. The van der Waals surface area contributed by atoms with E-state index in [-0.39, 0.29) is 0 Å². The van der Waals surface area contributed by atoms with Gasteiger partial charge in [0.25, 0.3) is 0 Å². The topological polar surface area (TPSA) is 82.8 Å². The Labute approximate surface area is 325 Å². The van der Waals surface area contributed by atoms with E-state index >= 15 is 0 Å². The van der Waals surface area contributed by atoms with Gasteiger partial charge in [0, 0.05) is 44.1 Å². The minimum Gasteiger partial charge on any atom is -0.456 e. The SMILES string of the molecule is c1ccc(-c2nc(-c3ccc4ccc5oc6ccc7oc(-c8ccccc8)nc7c6c5c4c3)nc(-c3ccc4c(c3)c3ccccc3n4-c3ccccc3)n2)cc1. The Morgan fingerprint density at radius 1 is 0.368 bits per heavy atom. The van der Waals surface area contributed by atoms with Gasteiger partial charge in [0.2, 0.25) is 5.89 Å². The number of benzene rings is 8. The third-order valence-corrected chi connectivity index (χ3v) is 10.9. The average molecular weight is 732 g/mol. The molecule has 0 radical (unpaired) electrons. The molecule has 0 aliphatic carbocycles. The molecule has 0 saturated carbocycles. The first kappa shape index (κ1) is 31.5. The highest BCUT2D eigenvalue weighted by atomic mass is 16.4. The monoisotopic (exact) mass is 731 g/mol. The van der Waals surface area contributed by atoms with Crippen molar-refractivity contribution in [1.82, 2.24) is 24.5 Å². The van der Waals surface area contributed by atoms with Crippen molar-refractivity contribution in [2.45, 2.75) is 0 Å². The lowest BCUT2D eigenvalue weighted by Crippen LogP contribution is -2.00. The summed E-state index contributed by atoms with van der Waals surface area (Å²) in [6.07, 6.45) is 0. The van der Waals surface area contributed by atoms with Crippen LogP contribution in [0, 0.1) is 0 Å². The number of furan rings is 1. The van der Waals surface area contributed by atoms with E-state index in [1.165, 1.54) is 5.39 Å². The van der Waals surface area contributed by atoms with E-state index < -0.39 is 0 Å². The van der Waals surface area contributed by atoms with E-state index in [9.17, 15) is 0 Å². The molecule has 4 aromatic heterocycles. The number of hydrogen-bond donors (Lipinski definition) is 0. The summed E-state index contributed by atoms with van der Waals surface area (Å²) in [6, 6.07) is 60.0. The summed E-state index contributed by atoms with van der Waals surface area (Å²) in [7, 11) is 0. The maximum atomic E-state index is 6.45. The molecule has 0 amide bonds. The highest BCUT2D eigenvalue weighted by Crippen LogP contribution is 2.41. The lowest BCUT2D eigenvalue weighted by molar-refractivity contribution is 0.619. The van der Waals surface area contributed by atoms with Crippen LogP contribution in [0.5, 0.6) is 0 Å². The van der Waals surface area contributed by atoms with Crippen LogP contribution in [0.3, 0.4) is 0 Å². The molecule has 0 N–H and O–H groups in total. The van der Waals surface area contributed by atoms with Gasteiger partial charge in [-0.25, -0.2) is 19.9 Å². The van der Waals surface area contributed by atoms with Crippen LogP contribution >= 0.6 is 0 Å². The van der Waals surface area contributed by atoms with Crippen LogP contribution in [0.1, 0.15) is 0 Å². The zero-order valence-corrected chi connectivity index (χ0v) is 30.3. The van der Waals surface area contributed by atoms with Gasteiger partial charge in [-0.1, -0.05) is 103 Å². The predicted octanol–water partition coefficient (Wildman–Crippen LogP) is 12.8. The van der Waals surface area contributed by atoms with Crippen LogP contribution in [0.2, 0.25) is 0 Å². The van der Waals surface area contributed by atoms with Crippen molar-refractivity contribution in [3.8, 4) is 51.3 Å². The van der Waals surface area contributed by atoms with E-state index in [1.807, 2.05) is 84.9 Å². The van der Waals surface area contributed by atoms with Gasteiger partial charge in [-0.2, -0.15) is 0 Å². The van der Waals surface area contributed by atoms with Crippen LogP contribution in [0.15, 0.2) is 185 Å². The molecule has 266 valence electrons. The van der Waals surface area contributed by atoms with Gasteiger partial charge in [0.05, 0.1) is 16.4 Å². The molecular formula is C50H29N5O2. The fourth-order valence-electron chi connectivity index (χ4n) is 8.22. The first-order valence-corrected chi connectivity index (χ1v) is 18.9. The summed E-state index contributed by atoms with van der Waals surface area (Å²) in [5, 5.41) is 6.26. The quantitative estimate of drug-likeness (QED) is 0.175. The maximum Gasteiger partial charge on any atom is 0.227 e. The van der Waals surface area contributed by atoms with E-state index in [0.29, 0.717) is 28.9 Å². The molecule has 8 aromatic carbocycles. The van der Waals surface area contributed by atoms with E-state index in [4.69, 9.17) is 28.8 Å². The van der Waals surface area contributed by atoms with Crippen LogP contribution in [-0.2, 0) is 0 Å². The van der Waals surface area contributed by atoms with Crippen molar-refractivity contribution in [3.05, 3.63) is 176 Å². The number of rotatable bonds is 5. The summed E-state index contributed by atoms with van der Waals surface area (Å²) in [5.41, 5.74) is 9.97. The van der Waals surface area contributed by atoms with Gasteiger partial charge < -0.3 is 13.4 Å². The second-order valence-corrected chi connectivity index (χ2v) is 14.2. The summed E-state index contributed by atoms with van der Waals surface area (Å²) in [6.45, 7) is 0. The smallest absolute Gasteiger partial charge is 0.227 e. The Kier molecular flexibility index (Phi) is 6.79. The van der Waals surface area contributed by atoms with Crippen LogP contribution < -0.4 is 0 Å². The molecule has 0 saturated heterocycles. The Bertz CT molecular complexity index is 3510. The predicted molar refractivity (Wildman–Crippen MR) is 228 cm³/mol. The Morgan fingerprint density at radius 3 is 1.70 bits per heavy atom. The zero-order valence-electron chi connectivity index (χ0n) is 30.3. The van der Waals surface area contributed by atoms with Crippen molar-refractivity contribution in [2.75, 3.05) is 0 Å². The van der Waals surface area contributed by atoms with E-state index in [0.717, 1.165) is 82.6 Å². The fourth-order valence-corrected chi connectivity index (χ4v) is 8.22. The van der Waals surface area contributed by atoms with Crippen molar-refractivity contribution in [3.63, 3.8) is 0 Å². The van der Waals surface area contributed by atoms with E-state index in [2.05, 4.69) is 95.6 Å². The van der Waals surface area contributed by atoms with Gasteiger partial charge in [0.15, 0.2) is 23.1 Å². The second-order valence-electron chi connectivity index (χ2n) is 14.2. The van der Waals surface area contributed by atoms with Crippen molar-refractivity contribution in [1.29, 1.82) is 0 Å². The number of aromatic nitrogens is 5. The normalized spacial score (nSPS) is 11.9. The standard InChI is InChI=1S/C50H29N5O2/c1-4-12-31(13-5-1)47-52-48(54-49(53-47)34-22-24-40-38(29-34)36-18-10-11-19-39(36)55(40)35-16-8-3-9-17-35)33-21-20-30-23-25-41-44(37(30)28-33)45-42(56-41)26-27-43-46(45)51-50(57-43)32-14-6-2-7-15-32/h1-29H. The van der Waals surface area contributed by atoms with Gasteiger partial charge in [-0.05, 0) is 83.6 Å². The molecule has 0 aliphatic rings. The molecule has 0 spiro atoms. The van der Waals surface area contributed by atoms with Crippen molar-refractivity contribution < 1.29 is 8.83 Å². The number of fused-ring (bicyclic) bond motifs is 10. The highest BCUT2D eigenvalue weighted by molar-refractivity contribution is 6.25. The molecule has 12 rings (SSSR count). The summed E-state index contributed by atoms with van der Waals surface area (Å²) in [5.74, 6) is 2.35. The molecule has 0 fully saturated rings.